The first-order chi connectivity index (χ1) is 12.9. The highest BCUT2D eigenvalue weighted by atomic mass is 32.2. The number of aliphatic imine (C=N–C) groups is 1. The molecule has 1 aliphatic rings. The lowest BCUT2D eigenvalue weighted by Gasteiger charge is -2.09. The summed E-state index contributed by atoms with van der Waals surface area (Å²) in [6.45, 7) is 0.991. The van der Waals surface area contributed by atoms with Crippen molar-refractivity contribution >= 4 is 33.4 Å². The minimum Gasteiger partial charge on any atom is -0.454 e. The van der Waals surface area contributed by atoms with Gasteiger partial charge < -0.3 is 10.1 Å². The SMILES string of the molecule is C[C@H](N=C1NS(=O)(=O)c2ccccc21)C(=O)OCC(=O)Nc1ccccc1. The van der Waals surface area contributed by atoms with Crippen LogP contribution in [-0.4, -0.2) is 38.8 Å². The molecule has 140 valence electrons. The van der Waals surface area contributed by atoms with Crippen LogP contribution in [0.5, 0.6) is 0 Å². The lowest BCUT2D eigenvalue weighted by atomic mass is 10.2. The van der Waals surface area contributed by atoms with E-state index < -0.39 is 34.5 Å². The highest BCUT2D eigenvalue weighted by molar-refractivity contribution is 7.90. The summed E-state index contributed by atoms with van der Waals surface area (Å²) in [5.41, 5.74) is 0.975. The zero-order valence-corrected chi connectivity index (χ0v) is 15.2. The molecule has 0 saturated carbocycles. The number of anilines is 1. The standard InChI is InChI=1S/C18H17N3O5S/c1-12(18(23)26-11-16(22)20-13-7-3-2-4-8-13)19-17-14-9-5-6-10-15(14)27(24,25)21-17/h2-10,12H,11H2,1H3,(H,19,21)(H,20,22)/t12-/m0/s1. The summed E-state index contributed by atoms with van der Waals surface area (Å²) in [5, 5.41) is 2.59. The van der Waals surface area contributed by atoms with E-state index in [0.29, 0.717) is 11.3 Å². The molecule has 2 N–H and O–H groups in total. The number of nitrogens with one attached hydrogen (secondary N) is 2. The maximum absolute atomic E-state index is 12.1. The summed E-state index contributed by atoms with van der Waals surface area (Å²) in [6, 6.07) is 14.1. The van der Waals surface area contributed by atoms with Crippen molar-refractivity contribution in [3.8, 4) is 0 Å². The number of para-hydroxylation sites is 1. The number of ether oxygens (including phenoxy) is 1. The highest BCUT2D eigenvalue weighted by Gasteiger charge is 2.31. The minimum absolute atomic E-state index is 0.0730. The van der Waals surface area contributed by atoms with Gasteiger partial charge in [0, 0.05) is 11.3 Å². The Kier molecular flexibility index (Phi) is 5.22. The molecule has 1 heterocycles. The molecule has 0 unspecified atom stereocenters. The number of carbonyl (C=O) groups is 2. The first kappa shape index (κ1) is 18.6. The van der Waals surface area contributed by atoms with Crippen LogP contribution in [0.3, 0.4) is 0 Å². The summed E-state index contributed by atoms with van der Waals surface area (Å²) in [6.07, 6.45) is 0. The van der Waals surface area contributed by atoms with E-state index in [2.05, 4.69) is 15.0 Å². The molecule has 8 nitrogen and oxygen atoms in total. The fourth-order valence-corrected chi connectivity index (χ4v) is 3.69. The number of nitrogens with zero attached hydrogens (tertiary/aromatic N) is 1. The van der Waals surface area contributed by atoms with E-state index in [1.165, 1.54) is 13.0 Å². The Balaban J connectivity index is 1.61. The van der Waals surface area contributed by atoms with E-state index >= 15 is 0 Å². The zero-order valence-electron chi connectivity index (χ0n) is 14.4. The summed E-state index contributed by atoms with van der Waals surface area (Å²) >= 11 is 0. The Morgan fingerprint density at radius 1 is 1.11 bits per heavy atom. The van der Waals surface area contributed by atoms with Gasteiger partial charge in [0.05, 0.1) is 4.90 Å². The predicted molar refractivity (Wildman–Crippen MR) is 98.8 cm³/mol. The monoisotopic (exact) mass is 387 g/mol. The summed E-state index contributed by atoms with van der Waals surface area (Å²) in [7, 11) is -3.68. The summed E-state index contributed by atoms with van der Waals surface area (Å²) in [5.74, 6) is -1.15. The quantitative estimate of drug-likeness (QED) is 0.751. The van der Waals surface area contributed by atoms with E-state index in [4.69, 9.17) is 4.74 Å². The van der Waals surface area contributed by atoms with E-state index in [1.54, 1.807) is 42.5 Å². The number of benzene rings is 2. The second-order valence-electron chi connectivity index (χ2n) is 5.78. The fourth-order valence-electron chi connectivity index (χ4n) is 2.45. The molecule has 0 spiro atoms. The van der Waals surface area contributed by atoms with E-state index in [9.17, 15) is 18.0 Å². The van der Waals surface area contributed by atoms with Gasteiger partial charge >= 0.3 is 5.97 Å². The molecule has 2 aromatic carbocycles. The Hall–Kier alpha value is -3.20. The topological polar surface area (TPSA) is 114 Å². The molecular weight excluding hydrogens is 370 g/mol. The molecule has 27 heavy (non-hydrogen) atoms. The zero-order chi connectivity index (χ0) is 19.4. The average molecular weight is 387 g/mol. The van der Waals surface area contributed by atoms with Crippen molar-refractivity contribution in [2.45, 2.75) is 17.9 Å². The van der Waals surface area contributed by atoms with Crippen LogP contribution in [0.1, 0.15) is 12.5 Å². The molecule has 1 atom stereocenters. The van der Waals surface area contributed by atoms with Gasteiger partial charge in [0.15, 0.2) is 6.61 Å². The smallest absolute Gasteiger partial charge is 0.331 e. The Bertz CT molecular complexity index is 1000. The second kappa shape index (κ2) is 7.58. The second-order valence-corrected chi connectivity index (χ2v) is 7.43. The number of hydrogen-bond donors (Lipinski definition) is 2. The lowest BCUT2D eigenvalue weighted by molar-refractivity contribution is -0.148. The van der Waals surface area contributed by atoms with Gasteiger partial charge in [-0.3, -0.25) is 14.5 Å². The molecule has 0 aromatic heterocycles. The molecule has 1 aliphatic heterocycles. The first-order valence-electron chi connectivity index (χ1n) is 8.08. The van der Waals surface area contributed by atoms with Crippen molar-refractivity contribution in [1.29, 1.82) is 0 Å². The third-order valence-electron chi connectivity index (χ3n) is 3.73. The van der Waals surface area contributed by atoms with Gasteiger partial charge in [-0.15, -0.1) is 0 Å². The summed E-state index contributed by atoms with van der Waals surface area (Å²) < 4.78 is 31.4. The molecule has 0 aliphatic carbocycles. The minimum atomic E-state index is -3.68. The maximum Gasteiger partial charge on any atom is 0.331 e. The average Bonchev–Trinajstić information content (AvgIpc) is 2.91. The summed E-state index contributed by atoms with van der Waals surface area (Å²) in [4.78, 5) is 28.1. The fraction of sp³-hybridized carbons (Fsp3) is 0.167. The number of amidine groups is 1. The maximum atomic E-state index is 12.1. The van der Waals surface area contributed by atoms with Crippen LogP contribution < -0.4 is 10.0 Å². The number of fused-ring (bicyclic) bond motifs is 1. The van der Waals surface area contributed by atoms with Crippen LogP contribution in [-0.2, 0) is 24.3 Å². The van der Waals surface area contributed by atoms with E-state index in [0.717, 1.165) is 0 Å². The Morgan fingerprint density at radius 3 is 2.52 bits per heavy atom. The normalized spacial score (nSPS) is 16.9. The predicted octanol–water partition coefficient (Wildman–Crippen LogP) is 1.30. The van der Waals surface area contributed by atoms with Crippen LogP contribution in [0, 0.1) is 0 Å². The number of carbonyl (C=O) groups excluding carboxylic acids is 2. The third kappa shape index (κ3) is 4.32. The van der Waals surface area contributed by atoms with Gasteiger partial charge in [-0.2, -0.15) is 0 Å². The van der Waals surface area contributed by atoms with Crippen molar-refractivity contribution in [3.63, 3.8) is 0 Å². The van der Waals surface area contributed by atoms with Crippen molar-refractivity contribution in [3.05, 3.63) is 60.2 Å². The number of sulfonamides is 1. The van der Waals surface area contributed by atoms with E-state index in [-0.39, 0.29) is 10.7 Å². The van der Waals surface area contributed by atoms with Gasteiger partial charge in [0.1, 0.15) is 11.9 Å². The first-order valence-corrected chi connectivity index (χ1v) is 9.57. The molecular formula is C18H17N3O5S. The van der Waals surface area contributed by atoms with Crippen LogP contribution >= 0.6 is 0 Å². The van der Waals surface area contributed by atoms with Gasteiger partial charge in [-0.25, -0.2) is 13.2 Å². The largest absolute Gasteiger partial charge is 0.454 e. The van der Waals surface area contributed by atoms with Gasteiger partial charge in [-0.1, -0.05) is 30.3 Å². The van der Waals surface area contributed by atoms with E-state index in [1.807, 2.05) is 6.07 Å². The van der Waals surface area contributed by atoms with Crippen LogP contribution in [0.25, 0.3) is 0 Å². The lowest BCUT2D eigenvalue weighted by Crippen LogP contribution is -2.28. The van der Waals surface area contributed by atoms with Gasteiger partial charge in [0.2, 0.25) is 0 Å². The molecule has 0 fully saturated rings. The number of amides is 1. The molecule has 9 heteroatoms. The van der Waals surface area contributed by atoms with Crippen molar-refractivity contribution < 1.29 is 22.7 Å². The molecule has 0 bridgehead atoms. The number of esters is 1. The number of hydrogen-bond acceptors (Lipinski definition) is 6. The van der Waals surface area contributed by atoms with Gasteiger partial charge in [0.25, 0.3) is 15.9 Å². The third-order valence-corrected chi connectivity index (χ3v) is 5.13. The highest BCUT2D eigenvalue weighted by Crippen LogP contribution is 2.22. The number of rotatable bonds is 5. The van der Waals surface area contributed by atoms with Gasteiger partial charge in [-0.05, 0) is 31.2 Å². The van der Waals surface area contributed by atoms with Crippen molar-refractivity contribution in [2.75, 3.05) is 11.9 Å². The molecule has 1 amide bonds. The Labute approximate surface area is 156 Å². The molecule has 2 aromatic rings. The molecule has 0 radical (unpaired) electrons. The van der Waals surface area contributed by atoms with Crippen LogP contribution in [0.15, 0.2) is 64.5 Å². The van der Waals surface area contributed by atoms with Crippen molar-refractivity contribution in [1.82, 2.24) is 4.72 Å². The van der Waals surface area contributed by atoms with Crippen LogP contribution in [0.4, 0.5) is 5.69 Å². The Morgan fingerprint density at radius 2 is 1.78 bits per heavy atom. The molecule has 0 saturated heterocycles. The molecule has 3 rings (SSSR count). The van der Waals surface area contributed by atoms with Crippen molar-refractivity contribution in [2.24, 2.45) is 4.99 Å². The van der Waals surface area contributed by atoms with Crippen LogP contribution in [0.2, 0.25) is 0 Å².